The molecule has 3 rings (SSSR count). The van der Waals surface area contributed by atoms with Crippen molar-refractivity contribution in [3.05, 3.63) is 24.0 Å². The van der Waals surface area contributed by atoms with Crippen molar-refractivity contribution in [2.45, 2.75) is 32.9 Å². The molecular formula is C14H22N2O. The van der Waals surface area contributed by atoms with Gasteiger partial charge in [-0.15, -0.1) is 0 Å². The summed E-state index contributed by atoms with van der Waals surface area (Å²) in [7, 11) is 0. The zero-order chi connectivity index (χ0) is 11.9. The molecule has 0 unspecified atom stereocenters. The van der Waals surface area contributed by atoms with Crippen LogP contribution in [0.2, 0.25) is 0 Å². The average molecular weight is 234 g/mol. The van der Waals surface area contributed by atoms with E-state index in [0.29, 0.717) is 17.4 Å². The van der Waals surface area contributed by atoms with Crippen LogP contribution in [0.15, 0.2) is 18.5 Å². The lowest BCUT2D eigenvalue weighted by molar-refractivity contribution is 0.0577. The molecule has 0 bridgehead atoms. The average Bonchev–Trinajstić information content (AvgIpc) is 2.85. The zero-order valence-electron chi connectivity index (χ0n) is 10.8. The Morgan fingerprint density at radius 3 is 3.06 bits per heavy atom. The molecule has 1 aromatic heterocycles. The summed E-state index contributed by atoms with van der Waals surface area (Å²) in [5.41, 5.74) is 1.83. The van der Waals surface area contributed by atoms with Crippen LogP contribution in [-0.4, -0.2) is 24.3 Å². The van der Waals surface area contributed by atoms with Gasteiger partial charge in [0, 0.05) is 43.5 Å². The molecule has 2 aliphatic rings. The highest BCUT2D eigenvalue weighted by Crippen LogP contribution is 2.47. The van der Waals surface area contributed by atoms with E-state index in [1.807, 2.05) is 0 Å². The SMILES string of the molecule is CC(C)Cn1ccc([C@@H]2NC[C@]23CCOC3)c1. The van der Waals surface area contributed by atoms with Crippen LogP contribution in [-0.2, 0) is 11.3 Å². The van der Waals surface area contributed by atoms with Crippen molar-refractivity contribution < 1.29 is 4.74 Å². The van der Waals surface area contributed by atoms with Crippen molar-refractivity contribution in [3.63, 3.8) is 0 Å². The van der Waals surface area contributed by atoms with E-state index < -0.39 is 0 Å². The molecule has 94 valence electrons. The summed E-state index contributed by atoms with van der Waals surface area (Å²) in [5, 5.41) is 3.57. The highest BCUT2D eigenvalue weighted by Gasteiger charge is 2.49. The van der Waals surface area contributed by atoms with E-state index in [9.17, 15) is 0 Å². The second kappa shape index (κ2) is 4.14. The smallest absolute Gasteiger partial charge is 0.0553 e. The monoisotopic (exact) mass is 234 g/mol. The van der Waals surface area contributed by atoms with E-state index >= 15 is 0 Å². The fourth-order valence-electron chi connectivity index (χ4n) is 3.12. The lowest BCUT2D eigenvalue weighted by Crippen LogP contribution is -2.56. The molecule has 0 saturated carbocycles. The third kappa shape index (κ3) is 1.91. The number of hydrogen-bond donors (Lipinski definition) is 1. The van der Waals surface area contributed by atoms with Gasteiger partial charge in [-0.05, 0) is 24.0 Å². The highest BCUT2D eigenvalue weighted by molar-refractivity contribution is 5.24. The minimum Gasteiger partial charge on any atom is -0.381 e. The van der Waals surface area contributed by atoms with Gasteiger partial charge in [-0.2, -0.15) is 0 Å². The topological polar surface area (TPSA) is 26.2 Å². The summed E-state index contributed by atoms with van der Waals surface area (Å²) in [6, 6.07) is 2.78. The number of nitrogens with one attached hydrogen (secondary N) is 1. The molecule has 3 nitrogen and oxygen atoms in total. The van der Waals surface area contributed by atoms with Crippen molar-refractivity contribution in [2.75, 3.05) is 19.8 Å². The van der Waals surface area contributed by atoms with E-state index in [1.54, 1.807) is 0 Å². The molecule has 2 fully saturated rings. The van der Waals surface area contributed by atoms with Crippen LogP contribution in [0.1, 0.15) is 31.9 Å². The van der Waals surface area contributed by atoms with Crippen LogP contribution < -0.4 is 5.32 Å². The molecule has 3 heteroatoms. The van der Waals surface area contributed by atoms with Crippen molar-refractivity contribution in [2.24, 2.45) is 11.3 Å². The van der Waals surface area contributed by atoms with E-state index in [2.05, 4.69) is 42.2 Å². The maximum absolute atomic E-state index is 5.58. The van der Waals surface area contributed by atoms with Gasteiger partial charge in [0.25, 0.3) is 0 Å². The van der Waals surface area contributed by atoms with Crippen LogP contribution in [0, 0.1) is 11.3 Å². The predicted molar refractivity (Wildman–Crippen MR) is 67.9 cm³/mol. The molecule has 1 N–H and O–H groups in total. The molecule has 0 aromatic carbocycles. The first-order chi connectivity index (χ1) is 8.20. The van der Waals surface area contributed by atoms with Crippen molar-refractivity contribution >= 4 is 0 Å². The minimum atomic E-state index is 0.393. The Labute approximate surface area is 103 Å². The van der Waals surface area contributed by atoms with Gasteiger partial charge in [0.15, 0.2) is 0 Å². The van der Waals surface area contributed by atoms with Gasteiger partial charge < -0.3 is 14.6 Å². The number of rotatable bonds is 3. The quantitative estimate of drug-likeness (QED) is 0.867. The summed E-state index contributed by atoms with van der Waals surface area (Å²) >= 11 is 0. The van der Waals surface area contributed by atoms with Crippen LogP contribution in [0.4, 0.5) is 0 Å². The van der Waals surface area contributed by atoms with Gasteiger partial charge in [0.1, 0.15) is 0 Å². The van der Waals surface area contributed by atoms with Crippen LogP contribution in [0.3, 0.4) is 0 Å². The molecule has 2 atom stereocenters. The molecule has 0 amide bonds. The molecule has 1 aromatic rings. The molecule has 3 heterocycles. The highest BCUT2D eigenvalue weighted by atomic mass is 16.5. The molecule has 2 saturated heterocycles. The van der Waals surface area contributed by atoms with E-state index in [-0.39, 0.29) is 0 Å². The van der Waals surface area contributed by atoms with Gasteiger partial charge in [0.2, 0.25) is 0 Å². The summed E-state index contributed by atoms with van der Waals surface area (Å²) in [4.78, 5) is 0. The maximum Gasteiger partial charge on any atom is 0.0553 e. The largest absolute Gasteiger partial charge is 0.381 e. The number of ether oxygens (including phenoxy) is 1. The predicted octanol–water partition coefficient (Wildman–Crippen LogP) is 2.20. The molecule has 0 aliphatic carbocycles. The Kier molecular flexibility index (Phi) is 2.75. The fourth-order valence-corrected chi connectivity index (χ4v) is 3.12. The van der Waals surface area contributed by atoms with Crippen molar-refractivity contribution in [3.8, 4) is 0 Å². The number of aromatic nitrogens is 1. The van der Waals surface area contributed by atoms with Crippen molar-refractivity contribution in [1.82, 2.24) is 9.88 Å². The van der Waals surface area contributed by atoms with Gasteiger partial charge in [-0.3, -0.25) is 0 Å². The van der Waals surface area contributed by atoms with Crippen molar-refractivity contribution in [1.29, 1.82) is 0 Å². The Morgan fingerprint density at radius 1 is 1.59 bits per heavy atom. The van der Waals surface area contributed by atoms with Gasteiger partial charge in [-0.25, -0.2) is 0 Å². The first-order valence-electron chi connectivity index (χ1n) is 6.66. The number of nitrogens with zero attached hydrogens (tertiary/aromatic N) is 1. The second-order valence-corrected chi connectivity index (χ2v) is 6.01. The molecular weight excluding hydrogens is 212 g/mol. The first-order valence-corrected chi connectivity index (χ1v) is 6.66. The van der Waals surface area contributed by atoms with Gasteiger partial charge >= 0.3 is 0 Å². The standard InChI is InChI=1S/C14H22N2O/c1-11(2)7-16-5-3-12(8-16)13-14(9-15-13)4-6-17-10-14/h3,5,8,11,13,15H,4,6-7,9-10H2,1-2H3/t13-,14-/m0/s1. The third-order valence-corrected chi connectivity index (χ3v) is 4.09. The molecule has 2 aliphatic heterocycles. The van der Waals surface area contributed by atoms with E-state index in [1.165, 1.54) is 12.0 Å². The molecule has 0 radical (unpaired) electrons. The second-order valence-electron chi connectivity index (χ2n) is 6.01. The first kappa shape index (κ1) is 11.3. The Balaban J connectivity index is 1.74. The Bertz CT molecular complexity index is 391. The third-order valence-electron chi connectivity index (χ3n) is 4.09. The van der Waals surface area contributed by atoms with Crippen LogP contribution in [0.5, 0.6) is 0 Å². The summed E-state index contributed by atoms with van der Waals surface area (Å²) in [6.07, 6.45) is 5.72. The summed E-state index contributed by atoms with van der Waals surface area (Å²) in [6.45, 7) is 8.61. The summed E-state index contributed by atoms with van der Waals surface area (Å²) in [5.74, 6) is 0.702. The fraction of sp³-hybridized carbons (Fsp3) is 0.714. The zero-order valence-corrected chi connectivity index (χ0v) is 10.8. The number of hydrogen-bond acceptors (Lipinski definition) is 2. The van der Waals surface area contributed by atoms with E-state index in [4.69, 9.17) is 4.74 Å². The van der Waals surface area contributed by atoms with Crippen LogP contribution in [0.25, 0.3) is 0 Å². The minimum absolute atomic E-state index is 0.393. The van der Waals surface area contributed by atoms with E-state index in [0.717, 1.165) is 26.3 Å². The van der Waals surface area contributed by atoms with Crippen LogP contribution >= 0.6 is 0 Å². The molecule has 1 spiro atoms. The summed E-state index contributed by atoms with van der Waals surface area (Å²) < 4.78 is 7.89. The lowest BCUT2D eigenvalue weighted by atomic mass is 9.71. The Morgan fingerprint density at radius 2 is 2.47 bits per heavy atom. The lowest BCUT2D eigenvalue weighted by Gasteiger charge is -2.47. The normalized spacial score (nSPS) is 32.3. The van der Waals surface area contributed by atoms with Gasteiger partial charge in [0.05, 0.1) is 6.61 Å². The maximum atomic E-state index is 5.58. The van der Waals surface area contributed by atoms with Gasteiger partial charge in [-0.1, -0.05) is 13.8 Å². The Hall–Kier alpha value is -0.800. The molecule has 17 heavy (non-hydrogen) atoms.